The van der Waals surface area contributed by atoms with Crippen LogP contribution >= 0.6 is 27.5 Å². The second kappa shape index (κ2) is 6.66. The molecule has 1 heterocycles. The summed E-state index contributed by atoms with van der Waals surface area (Å²) in [5.74, 6) is 0.702. The van der Waals surface area contributed by atoms with Gasteiger partial charge in [0, 0.05) is 13.5 Å². The lowest BCUT2D eigenvalue weighted by molar-refractivity contribution is 0.180. The predicted octanol–water partition coefficient (Wildman–Crippen LogP) is 4.25. The molecule has 0 aliphatic rings. The maximum absolute atomic E-state index is 6.12. The highest BCUT2D eigenvalue weighted by atomic mass is 79.9. The number of hydrogen-bond donors (Lipinski definition) is 0. The first kappa shape index (κ1) is 15.4. The molecule has 3 nitrogen and oxygen atoms in total. The fraction of sp³-hybridized carbons (Fsp3) is 0.333. The van der Waals surface area contributed by atoms with E-state index < -0.39 is 0 Å². The van der Waals surface area contributed by atoms with Crippen LogP contribution in [0.15, 0.2) is 22.7 Å². The lowest BCUT2D eigenvalue weighted by atomic mass is 10.0. The predicted molar refractivity (Wildman–Crippen MR) is 84.2 cm³/mol. The Kier molecular flexibility index (Phi) is 5.13. The second-order valence-electron chi connectivity index (χ2n) is 4.72. The third-order valence-corrected chi connectivity index (χ3v) is 4.48. The van der Waals surface area contributed by atoms with E-state index in [0.29, 0.717) is 28.5 Å². The first-order chi connectivity index (χ1) is 9.51. The van der Waals surface area contributed by atoms with Gasteiger partial charge in [0.2, 0.25) is 0 Å². The Labute approximate surface area is 132 Å². The van der Waals surface area contributed by atoms with Gasteiger partial charge in [-0.2, -0.15) is 0 Å². The van der Waals surface area contributed by atoms with Gasteiger partial charge in [0.15, 0.2) is 0 Å². The number of rotatable bonds is 4. The topological polar surface area (TPSA) is 35.0 Å². The van der Waals surface area contributed by atoms with Crippen molar-refractivity contribution in [1.29, 1.82) is 0 Å². The van der Waals surface area contributed by atoms with Crippen LogP contribution in [0, 0.1) is 13.8 Å². The number of nitrogens with zero attached hydrogens (tertiary/aromatic N) is 2. The minimum atomic E-state index is 0.406. The van der Waals surface area contributed by atoms with Crippen molar-refractivity contribution in [3.05, 3.63) is 56.0 Å². The van der Waals surface area contributed by atoms with Crippen molar-refractivity contribution < 1.29 is 4.74 Å². The van der Waals surface area contributed by atoms with Crippen molar-refractivity contribution in [3.8, 4) is 0 Å². The largest absolute Gasteiger partial charge is 0.378 e. The maximum Gasteiger partial charge on any atom is 0.147 e. The molecule has 0 atom stereocenters. The standard InChI is InChI=1S/C15H16BrClN2O/c1-9-4-5-11(6-10(9)2)7-13-18-12(8-20-3)14(16)15(17)19-13/h4-6H,7-8H2,1-3H3. The number of aryl methyl sites for hydroxylation is 2. The van der Waals surface area contributed by atoms with Gasteiger partial charge in [0.25, 0.3) is 0 Å². The van der Waals surface area contributed by atoms with Gasteiger partial charge in [-0.1, -0.05) is 29.8 Å². The first-order valence-corrected chi connectivity index (χ1v) is 7.44. The van der Waals surface area contributed by atoms with Gasteiger partial charge >= 0.3 is 0 Å². The average molecular weight is 356 g/mol. The van der Waals surface area contributed by atoms with Crippen molar-refractivity contribution in [2.24, 2.45) is 0 Å². The van der Waals surface area contributed by atoms with Crippen LogP contribution in [0.3, 0.4) is 0 Å². The van der Waals surface area contributed by atoms with Gasteiger partial charge in [-0.15, -0.1) is 0 Å². The summed E-state index contributed by atoms with van der Waals surface area (Å²) in [6.07, 6.45) is 0.658. The smallest absolute Gasteiger partial charge is 0.147 e. The van der Waals surface area contributed by atoms with Crippen LogP contribution in [-0.2, 0) is 17.8 Å². The molecule has 0 amide bonds. The van der Waals surface area contributed by atoms with Crippen LogP contribution in [0.4, 0.5) is 0 Å². The molecule has 2 rings (SSSR count). The lowest BCUT2D eigenvalue weighted by Gasteiger charge is -2.09. The van der Waals surface area contributed by atoms with E-state index >= 15 is 0 Å². The molecule has 1 aromatic carbocycles. The summed E-state index contributed by atoms with van der Waals surface area (Å²) in [6.45, 7) is 4.61. The fourth-order valence-electron chi connectivity index (χ4n) is 1.92. The number of halogens is 2. The molecular formula is C15H16BrClN2O. The van der Waals surface area contributed by atoms with Gasteiger partial charge in [-0.25, -0.2) is 9.97 Å². The normalized spacial score (nSPS) is 10.8. The zero-order valence-electron chi connectivity index (χ0n) is 11.7. The second-order valence-corrected chi connectivity index (χ2v) is 5.87. The zero-order valence-corrected chi connectivity index (χ0v) is 14.0. The summed E-state index contributed by atoms with van der Waals surface area (Å²) in [5.41, 5.74) is 4.49. The van der Waals surface area contributed by atoms with Gasteiger partial charge in [-0.05, 0) is 46.5 Å². The van der Waals surface area contributed by atoms with E-state index in [0.717, 1.165) is 5.69 Å². The molecule has 0 spiro atoms. The van der Waals surface area contributed by atoms with E-state index in [9.17, 15) is 0 Å². The average Bonchev–Trinajstić information content (AvgIpc) is 2.40. The van der Waals surface area contributed by atoms with E-state index in [-0.39, 0.29) is 0 Å². The van der Waals surface area contributed by atoms with Gasteiger partial charge in [0.05, 0.1) is 16.8 Å². The molecule has 0 N–H and O–H groups in total. The van der Waals surface area contributed by atoms with Crippen molar-refractivity contribution in [2.45, 2.75) is 26.9 Å². The quantitative estimate of drug-likeness (QED) is 0.769. The van der Waals surface area contributed by atoms with E-state index in [4.69, 9.17) is 16.3 Å². The van der Waals surface area contributed by atoms with Crippen LogP contribution in [0.2, 0.25) is 5.15 Å². The van der Waals surface area contributed by atoms with E-state index in [1.54, 1.807) is 7.11 Å². The van der Waals surface area contributed by atoms with Crippen molar-refractivity contribution in [2.75, 3.05) is 7.11 Å². The highest BCUT2D eigenvalue weighted by molar-refractivity contribution is 9.10. The van der Waals surface area contributed by atoms with Gasteiger partial charge in [-0.3, -0.25) is 0 Å². The summed E-state index contributed by atoms with van der Waals surface area (Å²) in [4.78, 5) is 8.82. The first-order valence-electron chi connectivity index (χ1n) is 6.27. The summed E-state index contributed by atoms with van der Waals surface area (Å²) in [5, 5.41) is 0.422. The molecule has 0 saturated carbocycles. The molecule has 5 heteroatoms. The molecule has 0 bridgehead atoms. The Bertz CT molecular complexity index is 632. The Morgan fingerprint density at radius 3 is 2.60 bits per heavy atom. The minimum absolute atomic E-state index is 0.406. The third-order valence-electron chi connectivity index (χ3n) is 3.14. The van der Waals surface area contributed by atoms with Crippen LogP contribution in [-0.4, -0.2) is 17.1 Å². The number of ether oxygens (including phenoxy) is 1. The van der Waals surface area contributed by atoms with Crippen LogP contribution in [0.1, 0.15) is 28.2 Å². The Hall–Kier alpha value is -0.970. The van der Waals surface area contributed by atoms with Crippen LogP contribution in [0.5, 0.6) is 0 Å². The molecular weight excluding hydrogens is 340 g/mol. The number of hydrogen-bond acceptors (Lipinski definition) is 3. The van der Waals surface area contributed by atoms with E-state index in [2.05, 4.69) is 57.9 Å². The third kappa shape index (κ3) is 3.57. The van der Waals surface area contributed by atoms with Crippen molar-refractivity contribution >= 4 is 27.5 Å². The molecule has 106 valence electrons. The Balaban J connectivity index is 2.31. The molecule has 0 fully saturated rings. The minimum Gasteiger partial charge on any atom is -0.378 e. The summed E-state index contributed by atoms with van der Waals surface area (Å²) >= 11 is 9.51. The van der Waals surface area contributed by atoms with Crippen molar-refractivity contribution in [3.63, 3.8) is 0 Å². The van der Waals surface area contributed by atoms with Crippen LogP contribution in [0.25, 0.3) is 0 Å². The fourth-order valence-corrected chi connectivity index (χ4v) is 2.42. The van der Waals surface area contributed by atoms with E-state index in [1.165, 1.54) is 16.7 Å². The lowest BCUT2D eigenvalue weighted by Crippen LogP contribution is -2.04. The highest BCUT2D eigenvalue weighted by Crippen LogP contribution is 2.24. The van der Waals surface area contributed by atoms with Gasteiger partial charge in [0.1, 0.15) is 11.0 Å². The SMILES string of the molecule is COCc1nc(Cc2ccc(C)c(C)c2)nc(Cl)c1Br. The van der Waals surface area contributed by atoms with E-state index in [1.807, 2.05) is 0 Å². The molecule has 20 heavy (non-hydrogen) atoms. The Morgan fingerprint density at radius 1 is 1.20 bits per heavy atom. The Morgan fingerprint density at radius 2 is 1.95 bits per heavy atom. The summed E-state index contributed by atoms with van der Waals surface area (Å²) < 4.78 is 5.82. The molecule has 0 radical (unpaired) electrons. The maximum atomic E-state index is 6.12. The molecule has 0 aliphatic heterocycles. The van der Waals surface area contributed by atoms with Gasteiger partial charge < -0.3 is 4.74 Å². The van der Waals surface area contributed by atoms with Crippen molar-refractivity contribution in [1.82, 2.24) is 9.97 Å². The highest BCUT2D eigenvalue weighted by Gasteiger charge is 2.11. The monoisotopic (exact) mass is 354 g/mol. The molecule has 0 aliphatic carbocycles. The number of aromatic nitrogens is 2. The molecule has 0 unspecified atom stereocenters. The summed E-state index contributed by atoms with van der Waals surface area (Å²) in [7, 11) is 1.63. The molecule has 2 aromatic rings. The number of benzene rings is 1. The van der Waals surface area contributed by atoms with Crippen LogP contribution < -0.4 is 0 Å². The zero-order chi connectivity index (χ0) is 14.7. The molecule has 0 saturated heterocycles. The summed E-state index contributed by atoms with van der Waals surface area (Å²) in [6, 6.07) is 6.36. The number of methoxy groups -OCH3 is 1. The molecule has 1 aromatic heterocycles.